The molecule has 0 N–H and O–H groups in total. The fourth-order valence-electron chi connectivity index (χ4n) is 3.41. The summed E-state index contributed by atoms with van der Waals surface area (Å²) >= 11 is 1.68. The third-order valence-electron chi connectivity index (χ3n) is 4.25. The second kappa shape index (κ2) is 4.09. The minimum absolute atomic E-state index is 0.298. The second-order valence-corrected chi connectivity index (χ2v) is 6.46. The van der Waals surface area contributed by atoms with E-state index in [1.54, 1.807) is 11.3 Å². The largest absolute Gasteiger partial charge is 0.464 e. The molecule has 2 bridgehead atoms. The molecule has 17 heavy (non-hydrogen) atoms. The van der Waals surface area contributed by atoms with Crippen molar-refractivity contribution < 1.29 is 9.53 Å². The van der Waals surface area contributed by atoms with Crippen LogP contribution in [0.15, 0.2) is 0 Å². The average Bonchev–Trinajstić information content (AvgIpc) is 3.01. The highest BCUT2D eigenvalue weighted by atomic mass is 32.1. The smallest absolute Gasteiger partial charge is 0.357 e. The van der Waals surface area contributed by atoms with E-state index in [0.29, 0.717) is 11.6 Å². The Kier molecular flexibility index (Phi) is 2.69. The van der Waals surface area contributed by atoms with Crippen LogP contribution in [0.5, 0.6) is 0 Å². The molecule has 4 heteroatoms. The van der Waals surface area contributed by atoms with Crippen molar-refractivity contribution in [2.24, 2.45) is 11.8 Å². The van der Waals surface area contributed by atoms with Crippen molar-refractivity contribution in [2.45, 2.75) is 38.5 Å². The molecule has 3 rings (SSSR count). The first kappa shape index (κ1) is 11.2. The summed E-state index contributed by atoms with van der Waals surface area (Å²) in [5, 5.41) is 1.16. The van der Waals surface area contributed by atoms with Gasteiger partial charge in [0, 0.05) is 10.8 Å². The van der Waals surface area contributed by atoms with Crippen LogP contribution >= 0.6 is 11.3 Å². The molecule has 1 aromatic heterocycles. The number of nitrogens with zero attached hydrogens (tertiary/aromatic N) is 1. The zero-order chi connectivity index (χ0) is 12.0. The zero-order valence-corrected chi connectivity index (χ0v) is 11.0. The number of ether oxygens (including phenoxy) is 1. The first-order valence-electron chi connectivity index (χ1n) is 6.24. The lowest BCUT2D eigenvalue weighted by Gasteiger charge is -2.18. The van der Waals surface area contributed by atoms with Crippen molar-refractivity contribution in [2.75, 3.05) is 7.11 Å². The van der Waals surface area contributed by atoms with Crippen LogP contribution in [0, 0.1) is 18.8 Å². The van der Waals surface area contributed by atoms with Crippen LogP contribution in [-0.4, -0.2) is 18.1 Å². The van der Waals surface area contributed by atoms with Crippen LogP contribution in [0.2, 0.25) is 0 Å². The topological polar surface area (TPSA) is 39.2 Å². The molecule has 0 amide bonds. The lowest BCUT2D eigenvalue weighted by Crippen LogP contribution is -2.09. The number of aromatic nitrogens is 1. The summed E-state index contributed by atoms with van der Waals surface area (Å²) in [4.78, 5) is 17.1. The average molecular weight is 251 g/mol. The highest BCUT2D eigenvalue weighted by Gasteiger charge is 2.41. The van der Waals surface area contributed by atoms with E-state index in [1.807, 2.05) is 6.92 Å². The van der Waals surface area contributed by atoms with Gasteiger partial charge >= 0.3 is 5.97 Å². The summed E-state index contributed by atoms with van der Waals surface area (Å²) in [6.45, 7) is 1.96. The number of aryl methyl sites for hydroxylation is 1. The summed E-state index contributed by atoms with van der Waals surface area (Å²) in [5.41, 5.74) is 0.523. The molecule has 2 fully saturated rings. The number of carbonyl (C=O) groups is 1. The van der Waals surface area contributed by atoms with Crippen LogP contribution in [-0.2, 0) is 4.74 Å². The van der Waals surface area contributed by atoms with Crippen molar-refractivity contribution in [3.05, 3.63) is 15.6 Å². The molecule has 3 unspecified atom stereocenters. The standard InChI is InChI=1S/C13H17NO2S/c1-7-11(13(15)16-2)14-12(17-7)10-6-8-3-4-9(10)5-8/h8-10H,3-6H2,1-2H3. The first-order valence-corrected chi connectivity index (χ1v) is 7.06. The lowest BCUT2D eigenvalue weighted by atomic mass is 9.89. The highest BCUT2D eigenvalue weighted by molar-refractivity contribution is 7.12. The molecule has 1 aromatic rings. The van der Waals surface area contributed by atoms with Gasteiger partial charge in [-0.05, 0) is 38.0 Å². The van der Waals surface area contributed by atoms with Crippen molar-refractivity contribution in [1.82, 2.24) is 4.98 Å². The Morgan fingerprint density at radius 3 is 2.82 bits per heavy atom. The van der Waals surface area contributed by atoms with E-state index in [-0.39, 0.29) is 5.97 Å². The number of thiazole rings is 1. The monoisotopic (exact) mass is 251 g/mol. The Hall–Kier alpha value is -0.900. The Balaban J connectivity index is 1.87. The van der Waals surface area contributed by atoms with E-state index in [2.05, 4.69) is 4.98 Å². The number of rotatable bonds is 2. The summed E-state index contributed by atoms with van der Waals surface area (Å²) < 4.78 is 4.76. The van der Waals surface area contributed by atoms with Gasteiger partial charge < -0.3 is 4.74 Å². The normalized spacial score (nSPS) is 30.8. The minimum atomic E-state index is -0.298. The quantitative estimate of drug-likeness (QED) is 0.758. The maximum absolute atomic E-state index is 11.5. The molecule has 2 aliphatic rings. The third-order valence-corrected chi connectivity index (χ3v) is 5.35. The number of hydrogen-bond acceptors (Lipinski definition) is 4. The molecule has 3 atom stereocenters. The molecule has 0 radical (unpaired) electrons. The molecule has 0 saturated heterocycles. The van der Waals surface area contributed by atoms with E-state index in [1.165, 1.54) is 32.8 Å². The van der Waals surface area contributed by atoms with E-state index in [9.17, 15) is 4.79 Å². The van der Waals surface area contributed by atoms with E-state index < -0.39 is 0 Å². The van der Waals surface area contributed by atoms with Gasteiger partial charge in [-0.25, -0.2) is 9.78 Å². The highest BCUT2D eigenvalue weighted by Crippen LogP contribution is 2.53. The number of methoxy groups -OCH3 is 1. The molecule has 2 aliphatic carbocycles. The fourth-order valence-corrected chi connectivity index (χ4v) is 4.53. The van der Waals surface area contributed by atoms with E-state index in [0.717, 1.165) is 21.7 Å². The minimum Gasteiger partial charge on any atom is -0.464 e. The Morgan fingerprint density at radius 2 is 2.24 bits per heavy atom. The molecule has 92 valence electrons. The summed E-state index contributed by atoms with van der Waals surface area (Å²) in [6.07, 6.45) is 5.39. The van der Waals surface area contributed by atoms with Crippen molar-refractivity contribution in [3.63, 3.8) is 0 Å². The van der Waals surface area contributed by atoms with E-state index >= 15 is 0 Å². The van der Waals surface area contributed by atoms with Crippen LogP contribution < -0.4 is 0 Å². The van der Waals surface area contributed by atoms with Gasteiger partial charge in [0.15, 0.2) is 5.69 Å². The second-order valence-electron chi connectivity index (χ2n) is 5.23. The predicted octanol–water partition coefficient (Wildman–Crippen LogP) is 3.14. The molecule has 0 aromatic carbocycles. The third kappa shape index (κ3) is 1.79. The zero-order valence-electron chi connectivity index (χ0n) is 10.2. The Morgan fingerprint density at radius 1 is 1.41 bits per heavy atom. The number of carbonyl (C=O) groups excluding carboxylic acids is 1. The van der Waals surface area contributed by atoms with Crippen LogP contribution in [0.3, 0.4) is 0 Å². The van der Waals surface area contributed by atoms with Gasteiger partial charge in [-0.3, -0.25) is 0 Å². The molecule has 0 spiro atoms. The Bertz CT molecular complexity index is 454. The molecule has 1 heterocycles. The van der Waals surface area contributed by atoms with E-state index in [4.69, 9.17) is 4.74 Å². The van der Waals surface area contributed by atoms with Gasteiger partial charge in [-0.15, -0.1) is 11.3 Å². The molecule has 2 saturated carbocycles. The van der Waals surface area contributed by atoms with Crippen molar-refractivity contribution in [1.29, 1.82) is 0 Å². The van der Waals surface area contributed by atoms with Gasteiger partial charge in [-0.2, -0.15) is 0 Å². The predicted molar refractivity (Wildman–Crippen MR) is 66.4 cm³/mol. The summed E-state index contributed by atoms with van der Waals surface area (Å²) in [6, 6.07) is 0. The van der Waals surface area contributed by atoms with Gasteiger partial charge in [0.05, 0.1) is 12.1 Å². The lowest BCUT2D eigenvalue weighted by molar-refractivity contribution is 0.0594. The molecular weight excluding hydrogens is 234 g/mol. The summed E-state index contributed by atoms with van der Waals surface area (Å²) in [7, 11) is 1.42. The maximum atomic E-state index is 11.5. The first-order chi connectivity index (χ1) is 8.19. The van der Waals surface area contributed by atoms with Crippen LogP contribution in [0.1, 0.15) is 52.0 Å². The number of esters is 1. The van der Waals surface area contributed by atoms with Gasteiger partial charge in [0.1, 0.15) is 0 Å². The molecule has 3 nitrogen and oxygen atoms in total. The fraction of sp³-hybridized carbons (Fsp3) is 0.692. The van der Waals surface area contributed by atoms with Gasteiger partial charge in [-0.1, -0.05) is 6.42 Å². The Labute approximate surface area is 105 Å². The SMILES string of the molecule is COC(=O)c1nc(C2CC3CCC2C3)sc1C. The van der Waals surface area contributed by atoms with Gasteiger partial charge in [0.2, 0.25) is 0 Å². The maximum Gasteiger partial charge on any atom is 0.357 e. The number of hydrogen-bond donors (Lipinski definition) is 0. The number of fused-ring (bicyclic) bond motifs is 2. The van der Waals surface area contributed by atoms with Crippen LogP contribution in [0.4, 0.5) is 0 Å². The van der Waals surface area contributed by atoms with Crippen molar-refractivity contribution >= 4 is 17.3 Å². The van der Waals surface area contributed by atoms with Gasteiger partial charge in [0.25, 0.3) is 0 Å². The van der Waals surface area contributed by atoms with Crippen LogP contribution in [0.25, 0.3) is 0 Å². The molecular formula is C13H17NO2S. The summed E-state index contributed by atoms with van der Waals surface area (Å²) in [5.74, 6) is 2.04. The molecule has 0 aliphatic heterocycles. The van der Waals surface area contributed by atoms with Crippen molar-refractivity contribution in [3.8, 4) is 0 Å².